The highest BCUT2D eigenvalue weighted by Crippen LogP contribution is 2.22. The minimum Gasteiger partial charge on any atom is -0.339 e. The van der Waals surface area contributed by atoms with Crippen molar-refractivity contribution in [2.45, 2.75) is 20.4 Å². The Morgan fingerprint density at radius 3 is 2.76 bits per heavy atom. The van der Waals surface area contributed by atoms with Crippen LogP contribution in [0, 0.1) is 5.92 Å². The summed E-state index contributed by atoms with van der Waals surface area (Å²) in [6, 6.07) is 8.04. The highest BCUT2D eigenvalue weighted by Gasteiger charge is 2.14. The molecular weight excluding hydrogens is 232 g/mol. The van der Waals surface area contributed by atoms with Gasteiger partial charge in [0.25, 0.3) is 0 Å². The fourth-order valence-corrected chi connectivity index (χ4v) is 2.73. The molecule has 0 atom stereocenters. The van der Waals surface area contributed by atoms with Gasteiger partial charge in [-0.3, -0.25) is 4.79 Å². The maximum atomic E-state index is 11.8. The van der Waals surface area contributed by atoms with Gasteiger partial charge >= 0.3 is 0 Å². The molecule has 90 valence electrons. The summed E-state index contributed by atoms with van der Waals surface area (Å²) in [7, 11) is 1.83. The summed E-state index contributed by atoms with van der Waals surface area (Å²) in [4.78, 5) is 18.0. The maximum absolute atomic E-state index is 11.8. The van der Waals surface area contributed by atoms with Crippen molar-refractivity contribution in [3.63, 3.8) is 0 Å². The van der Waals surface area contributed by atoms with Gasteiger partial charge < -0.3 is 4.90 Å². The van der Waals surface area contributed by atoms with Crippen LogP contribution in [0.1, 0.15) is 18.9 Å². The van der Waals surface area contributed by atoms with Crippen LogP contribution in [0.4, 0.5) is 0 Å². The number of hydrogen-bond acceptors (Lipinski definition) is 3. The summed E-state index contributed by atoms with van der Waals surface area (Å²) >= 11 is 1.65. The maximum Gasteiger partial charge on any atom is 0.225 e. The number of nitrogens with zero attached hydrogens (tertiary/aromatic N) is 2. The summed E-state index contributed by atoms with van der Waals surface area (Å²) in [6.07, 6.45) is 0. The molecule has 0 bridgehead atoms. The van der Waals surface area contributed by atoms with Crippen molar-refractivity contribution in [2.75, 3.05) is 7.05 Å². The van der Waals surface area contributed by atoms with E-state index < -0.39 is 0 Å². The third-order valence-corrected chi connectivity index (χ3v) is 3.60. The highest BCUT2D eigenvalue weighted by atomic mass is 32.1. The molecule has 4 heteroatoms. The van der Waals surface area contributed by atoms with E-state index in [9.17, 15) is 4.79 Å². The number of hydrogen-bond donors (Lipinski definition) is 0. The molecule has 0 aliphatic rings. The minimum atomic E-state index is 0.0365. The normalized spacial score (nSPS) is 11.1. The Kier molecular flexibility index (Phi) is 3.43. The number of thiazole rings is 1. The van der Waals surface area contributed by atoms with E-state index in [0.29, 0.717) is 6.54 Å². The predicted octanol–water partition coefficient (Wildman–Crippen LogP) is 2.91. The molecule has 0 saturated heterocycles. The van der Waals surface area contributed by atoms with Gasteiger partial charge in [0, 0.05) is 13.0 Å². The fraction of sp³-hybridized carbons (Fsp3) is 0.385. The van der Waals surface area contributed by atoms with E-state index in [4.69, 9.17) is 0 Å². The Morgan fingerprint density at radius 1 is 1.41 bits per heavy atom. The van der Waals surface area contributed by atoms with Crippen molar-refractivity contribution < 1.29 is 4.79 Å². The average molecular weight is 248 g/mol. The van der Waals surface area contributed by atoms with E-state index in [1.54, 1.807) is 16.2 Å². The Hall–Kier alpha value is -1.42. The van der Waals surface area contributed by atoms with Crippen LogP contribution in [0.2, 0.25) is 0 Å². The van der Waals surface area contributed by atoms with Crippen LogP contribution in [-0.2, 0) is 11.3 Å². The van der Waals surface area contributed by atoms with E-state index in [0.717, 1.165) is 10.5 Å². The third-order valence-electron chi connectivity index (χ3n) is 2.58. The first-order valence-corrected chi connectivity index (χ1v) is 6.49. The second-order valence-corrected chi connectivity index (χ2v) is 5.54. The molecule has 1 aromatic carbocycles. The van der Waals surface area contributed by atoms with Crippen LogP contribution in [0.25, 0.3) is 10.2 Å². The first-order valence-electron chi connectivity index (χ1n) is 5.67. The quantitative estimate of drug-likeness (QED) is 0.836. The van der Waals surface area contributed by atoms with Crippen molar-refractivity contribution in [3.05, 3.63) is 29.3 Å². The van der Waals surface area contributed by atoms with Crippen LogP contribution < -0.4 is 0 Å². The van der Waals surface area contributed by atoms with E-state index in [1.165, 1.54) is 4.70 Å². The lowest BCUT2D eigenvalue weighted by Gasteiger charge is -2.17. The van der Waals surface area contributed by atoms with Crippen molar-refractivity contribution >= 4 is 27.5 Å². The molecule has 1 heterocycles. The first-order chi connectivity index (χ1) is 8.08. The van der Waals surface area contributed by atoms with Gasteiger partial charge in [0.2, 0.25) is 5.91 Å². The van der Waals surface area contributed by atoms with Gasteiger partial charge in [-0.25, -0.2) is 4.98 Å². The lowest BCUT2D eigenvalue weighted by atomic mass is 10.2. The zero-order valence-corrected chi connectivity index (χ0v) is 11.1. The van der Waals surface area contributed by atoms with E-state index in [-0.39, 0.29) is 11.8 Å². The van der Waals surface area contributed by atoms with Gasteiger partial charge in [0.05, 0.1) is 16.8 Å². The molecule has 0 radical (unpaired) electrons. The van der Waals surface area contributed by atoms with Gasteiger partial charge in [-0.2, -0.15) is 0 Å². The molecule has 3 nitrogen and oxygen atoms in total. The number of amides is 1. The molecule has 0 fully saturated rings. The number of carbonyl (C=O) groups excluding carboxylic acids is 1. The SMILES string of the molecule is CC(C)C(=O)N(C)Cc1nc2ccccc2s1. The van der Waals surface area contributed by atoms with E-state index >= 15 is 0 Å². The average Bonchev–Trinajstić information content (AvgIpc) is 2.69. The fourth-order valence-electron chi connectivity index (χ4n) is 1.71. The van der Waals surface area contributed by atoms with Crippen molar-refractivity contribution in [1.29, 1.82) is 0 Å². The topological polar surface area (TPSA) is 33.2 Å². The zero-order chi connectivity index (χ0) is 12.4. The summed E-state index contributed by atoms with van der Waals surface area (Å²) in [6.45, 7) is 4.42. The molecule has 0 saturated carbocycles. The standard InChI is InChI=1S/C13H16N2OS/c1-9(2)13(16)15(3)8-12-14-10-6-4-5-7-11(10)17-12/h4-7,9H,8H2,1-3H3. The van der Waals surface area contributed by atoms with Crippen LogP contribution in [0.3, 0.4) is 0 Å². The molecule has 0 spiro atoms. The Bertz CT molecular complexity index is 500. The van der Waals surface area contributed by atoms with Crippen LogP contribution in [0.5, 0.6) is 0 Å². The highest BCUT2D eigenvalue weighted by molar-refractivity contribution is 7.18. The second-order valence-electron chi connectivity index (χ2n) is 4.42. The number of fused-ring (bicyclic) bond motifs is 1. The van der Waals surface area contributed by atoms with Crippen molar-refractivity contribution in [2.24, 2.45) is 5.92 Å². The minimum absolute atomic E-state index is 0.0365. The lowest BCUT2D eigenvalue weighted by Crippen LogP contribution is -2.29. The lowest BCUT2D eigenvalue weighted by molar-refractivity contribution is -0.133. The molecule has 0 aliphatic heterocycles. The molecule has 17 heavy (non-hydrogen) atoms. The summed E-state index contributed by atoms with van der Waals surface area (Å²) in [5.74, 6) is 0.193. The van der Waals surface area contributed by atoms with Gasteiger partial charge in [0.1, 0.15) is 5.01 Å². The van der Waals surface area contributed by atoms with Crippen LogP contribution >= 0.6 is 11.3 Å². The monoisotopic (exact) mass is 248 g/mol. The smallest absolute Gasteiger partial charge is 0.225 e. The molecule has 2 rings (SSSR count). The van der Waals surface area contributed by atoms with Crippen LogP contribution in [-0.4, -0.2) is 22.8 Å². The molecule has 1 aromatic heterocycles. The Balaban J connectivity index is 2.16. The van der Waals surface area contributed by atoms with Gasteiger partial charge in [-0.1, -0.05) is 26.0 Å². The molecular formula is C13H16N2OS. The zero-order valence-electron chi connectivity index (χ0n) is 10.3. The molecule has 0 unspecified atom stereocenters. The largest absolute Gasteiger partial charge is 0.339 e. The number of aromatic nitrogens is 1. The van der Waals surface area contributed by atoms with Gasteiger partial charge in [-0.05, 0) is 12.1 Å². The second kappa shape index (κ2) is 4.84. The number of carbonyl (C=O) groups is 1. The molecule has 0 aliphatic carbocycles. The Labute approximate surface area is 105 Å². The number of rotatable bonds is 3. The first kappa shape index (κ1) is 12.0. The number of benzene rings is 1. The van der Waals surface area contributed by atoms with E-state index in [2.05, 4.69) is 11.1 Å². The predicted molar refractivity (Wildman–Crippen MR) is 70.9 cm³/mol. The van der Waals surface area contributed by atoms with Crippen LogP contribution in [0.15, 0.2) is 24.3 Å². The summed E-state index contributed by atoms with van der Waals surface area (Å²) < 4.78 is 1.17. The Morgan fingerprint density at radius 2 is 2.12 bits per heavy atom. The van der Waals surface area contributed by atoms with Crippen molar-refractivity contribution in [3.8, 4) is 0 Å². The van der Waals surface area contributed by atoms with E-state index in [1.807, 2.05) is 39.1 Å². The van der Waals surface area contributed by atoms with Gasteiger partial charge in [-0.15, -0.1) is 11.3 Å². The number of para-hydroxylation sites is 1. The van der Waals surface area contributed by atoms with Gasteiger partial charge in [0.15, 0.2) is 0 Å². The summed E-state index contributed by atoms with van der Waals surface area (Å²) in [5, 5.41) is 0.989. The summed E-state index contributed by atoms with van der Waals surface area (Å²) in [5.41, 5.74) is 1.01. The van der Waals surface area contributed by atoms with Crippen molar-refractivity contribution in [1.82, 2.24) is 9.88 Å². The molecule has 1 amide bonds. The molecule has 0 N–H and O–H groups in total. The third kappa shape index (κ3) is 2.64. The molecule has 2 aromatic rings.